The zero-order valence-corrected chi connectivity index (χ0v) is 12.5. The third-order valence-electron chi connectivity index (χ3n) is 3.92. The van der Waals surface area contributed by atoms with Gasteiger partial charge < -0.3 is 4.74 Å². The first-order chi connectivity index (χ1) is 8.38. The molecule has 18 heavy (non-hydrogen) atoms. The average molecular weight is 253 g/mol. The van der Waals surface area contributed by atoms with Crippen LogP contribution in [0.2, 0.25) is 0 Å². The summed E-state index contributed by atoms with van der Waals surface area (Å²) in [6.07, 6.45) is 4.02. The molecule has 1 heterocycles. The molecule has 1 rings (SSSR count). The predicted molar refractivity (Wildman–Crippen MR) is 74.4 cm³/mol. The van der Waals surface area contributed by atoms with Gasteiger partial charge in [-0.25, -0.2) is 4.79 Å². The molecule has 0 spiro atoms. The lowest BCUT2D eigenvalue weighted by Crippen LogP contribution is -2.26. The van der Waals surface area contributed by atoms with Crippen LogP contribution in [0, 0.1) is 11.3 Å². The molecular weight excluding hydrogens is 226 g/mol. The second-order valence-electron chi connectivity index (χ2n) is 6.19. The van der Waals surface area contributed by atoms with Gasteiger partial charge >= 0.3 is 5.97 Å². The molecule has 1 aliphatic rings. The van der Waals surface area contributed by atoms with Crippen molar-refractivity contribution in [3.63, 3.8) is 0 Å². The van der Waals surface area contributed by atoms with Gasteiger partial charge in [0.2, 0.25) is 0 Å². The summed E-state index contributed by atoms with van der Waals surface area (Å²) in [4.78, 5) is 13.9. The Kier molecular flexibility index (Phi) is 5.39. The van der Waals surface area contributed by atoms with Crippen LogP contribution >= 0.6 is 0 Å². The maximum atomic E-state index is 11.5. The Morgan fingerprint density at radius 1 is 1.44 bits per heavy atom. The van der Waals surface area contributed by atoms with Crippen molar-refractivity contribution in [3.05, 3.63) is 11.6 Å². The normalized spacial score (nSPS) is 22.3. The first-order valence-corrected chi connectivity index (χ1v) is 6.88. The molecule has 0 bridgehead atoms. The maximum Gasteiger partial charge on any atom is 0.333 e. The van der Waals surface area contributed by atoms with Crippen molar-refractivity contribution in [3.8, 4) is 0 Å². The second kappa shape index (κ2) is 6.37. The van der Waals surface area contributed by atoms with E-state index in [1.165, 1.54) is 13.5 Å². The zero-order valence-electron chi connectivity index (χ0n) is 12.5. The number of hydrogen-bond donors (Lipinski definition) is 0. The predicted octanol–water partition coefficient (Wildman–Crippen LogP) is 2.86. The van der Waals surface area contributed by atoms with Crippen molar-refractivity contribution in [2.45, 2.75) is 40.5 Å². The number of nitrogens with zero attached hydrogens (tertiary/aromatic N) is 1. The van der Waals surface area contributed by atoms with E-state index in [0.717, 1.165) is 37.5 Å². The summed E-state index contributed by atoms with van der Waals surface area (Å²) in [6.45, 7) is 12.1. The van der Waals surface area contributed by atoms with Crippen molar-refractivity contribution in [2.75, 3.05) is 26.7 Å². The molecule has 0 saturated carbocycles. The lowest BCUT2D eigenvalue weighted by molar-refractivity contribution is -0.136. The third-order valence-corrected chi connectivity index (χ3v) is 3.92. The van der Waals surface area contributed by atoms with Crippen LogP contribution in [0.15, 0.2) is 11.6 Å². The molecule has 3 heteroatoms. The molecular formula is C15H27NO2. The van der Waals surface area contributed by atoms with E-state index in [9.17, 15) is 4.79 Å². The fourth-order valence-electron chi connectivity index (χ4n) is 2.45. The van der Waals surface area contributed by atoms with Crippen LogP contribution in [-0.2, 0) is 9.53 Å². The van der Waals surface area contributed by atoms with Crippen LogP contribution in [0.1, 0.15) is 40.5 Å². The van der Waals surface area contributed by atoms with Gasteiger partial charge in [-0.15, -0.1) is 0 Å². The number of likely N-dealkylation sites (tertiary alicyclic amines) is 1. The molecule has 104 valence electrons. The Balaban J connectivity index is 2.50. The van der Waals surface area contributed by atoms with Crippen LogP contribution in [-0.4, -0.2) is 37.6 Å². The highest BCUT2D eigenvalue weighted by molar-refractivity contribution is 5.88. The number of carbonyl (C=O) groups excluding carboxylic acids is 1. The first kappa shape index (κ1) is 15.2. The fourth-order valence-corrected chi connectivity index (χ4v) is 2.45. The number of carbonyl (C=O) groups is 1. The highest BCUT2D eigenvalue weighted by Gasteiger charge is 2.31. The minimum absolute atomic E-state index is 0.191. The van der Waals surface area contributed by atoms with Gasteiger partial charge in [0.1, 0.15) is 0 Å². The van der Waals surface area contributed by atoms with Crippen molar-refractivity contribution >= 4 is 5.97 Å². The summed E-state index contributed by atoms with van der Waals surface area (Å²) in [6, 6.07) is 0. The first-order valence-electron chi connectivity index (χ1n) is 6.88. The van der Waals surface area contributed by atoms with E-state index in [0.29, 0.717) is 5.41 Å². The van der Waals surface area contributed by atoms with Gasteiger partial charge in [0.05, 0.1) is 7.11 Å². The Hall–Kier alpha value is -0.830. The highest BCUT2D eigenvalue weighted by Crippen LogP contribution is 2.33. The molecule has 1 saturated heterocycles. The Bertz CT molecular complexity index is 315. The fraction of sp³-hybridized carbons (Fsp3) is 0.800. The molecule has 3 nitrogen and oxygen atoms in total. The molecule has 0 aliphatic carbocycles. The van der Waals surface area contributed by atoms with Crippen LogP contribution in [0.25, 0.3) is 0 Å². The largest absolute Gasteiger partial charge is 0.466 e. The monoisotopic (exact) mass is 253 g/mol. The van der Waals surface area contributed by atoms with Gasteiger partial charge in [-0.3, -0.25) is 4.90 Å². The van der Waals surface area contributed by atoms with Gasteiger partial charge in [-0.1, -0.05) is 33.8 Å². The van der Waals surface area contributed by atoms with Crippen LogP contribution < -0.4 is 0 Å². The molecule has 1 unspecified atom stereocenters. The molecule has 0 aromatic carbocycles. The van der Waals surface area contributed by atoms with E-state index in [-0.39, 0.29) is 5.97 Å². The van der Waals surface area contributed by atoms with E-state index >= 15 is 0 Å². The summed E-state index contributed by atoms with van der Waals surface area (Å²) in [5, 5.41) is 0. The quantitative estimate of drug-likeness (QED) is 0.570. The Morgan fingerprint density at radius 2 is 2.11 bits per heavy atom. The standard InChI is InChI=1S/C15H27NO2/c1-6-12(14(17)18-5)7-9-16-10-8-13(11-16)15(2,3)4/h7,13H,6,8-11H2,1-5H3. The Labute approximate surface area is 111 Å². The molecule has 0 N–H and O–H groups in total. The molecule has 0 aromatic heterocycles. The summed E-state index contributed by atoms with van der Waals surface area (Å²) in [5.41, 5.74) is 1.17. The summed E-state index contributed by atoms with van der Waals surface area (Å²) >= 11 is 0. The van der Waals surface area contributed by atoms with Crippen molar-refractivity contribution in [1.29, 1.82) is 0 Å². The molecule has 1 atom stereocenters. The zero-order chi connectivity index (χ0) is 13.8. The lowest BCUT2D eigenvalue weighted by Gasteiger charge is -2.26. The number of ether oxygens (including phenoxy) is 1. The van der Waals surface area contributed by atoms with E-state index in [2.05, 4.69) is 25.7 Å². The van der Waals surface area contributed by atoms with E-state index in [1.54, 1.807) is 0 Å². The van der Waals surface area contributed by atoms with E-state index in [1.807, 2.05) is 13.0 Å². The van der Waals surface area contributed by atoms with Crippen LogP contribution in [0.5, 0.6) is 0 Å². The molecule has 0 radical (unpaired) electrons. The number of rotatable bonds is 4. The molecule has 0 amide bonds. The van der Waals surface area contributed by atoms with Crippen LogP contribution in [0.4, 0.5) is 0 Å². The van der Waals surface area contributed by atoms with Crippen molar-refractivity contribution in [1.82, 2.24) is 4.90 Å². The van der Waals surface area contributed by atoms with E-state index in [4.69, 9.17) is 4.74 Å². The molecule has 0 aromatic rings. The highest BCUT2D eigenvalue weighted by atomic mass is 16.5. The number of esters is 1. The lowest BCUT2D eigenvalue weighted by atomic mass is 9.80. The summed E-state index contributed by atoms with van der Waals surface area (Å²) in [5.74, 6) is 0.568. The number of methoxy groups -OCH3 is 1. The van der Waals surface area contributed by atoms with Crippen LogP contribution in [0.3, 0.4) is 0 Å². The minimum Gasteiger partial charge on any atom is -0.466 e. The van der Waals surface area contributed by atoms with Gasteiger partial charge in [-0.2, -0.15) is 0 Å². The van der Waals surface area contributed by atoms with Crippen molar-refractivity contribution < 1.29 is 9.53 Å². The van der Waals surface area contributed by atoms with Gasteiger partial charge in [0, 0.05) is 18.7 Å². The molecule has 1 fully saturated rings. The average Bonchev–Trinajstić information content (AvgIpc) is 2.78. The maximum absolute atomic E-state index is 11.5. The van der Waals surface area contributed by atoms with E-state index < -0.39 is 0 Å². The van der Waals surface area contributed by atoms with Gasteiger partial charge in [-0.05, 0) is 30.7 Å². The number of hydrogen-bond acceptors (Lipinski definition) is 3. The van der Waals surface area contributed by atoms with Crippen molar-refractivity contribution in [2.24, 2.45) is 11.3 Å². The third kappa shape index (κ3) is 4.13. The topological polar surface area (TPSA) is 29.5 Å². The van der Waals surface area contributed by atoms with Gasteiger partial charge in [0.15, 0.2) is 0 Å². The smallest absolute Gasteiger partial charge is 0.333 e. The summed E-state index contributed by atoms with van der Waals surface area (Å²) < 4.78 is 4.77. The summed E-state index contributed by atoms with van der Waals surface area (Å²) in [7, 11) is 1.44. The SMILES string of the molecule is CCC(=CCN1CCC(C(C)(C)C)C1)C(=O)OC. The Morgan fingerprint density at radius 3 is 2.56 bits per heavy atom. The second-order valence-corrected chi connectivity index (χ2v) is 6.19. The van der Waals surface area contributed by atoms with Gasteiger partial charge in [0.25, 0.3) is 0 Å². The molecule has 1 aliphatic heterocycles. The minimum atomic E-state index is -0.191.